The fourth-order valence-corrected chi connectivity index (χ4v) is 2.26. The van der Waals surface area contributed by atoms with E-state index in [-0.39, 0.29) is 16.8 Å². The first-order valence-electron chi connectivity index (χ1n) is 6.41. The number of amides is 1. The normalized spacial score (nSPS) is 11.2. The second-order valence-corrected chi connectivity index (χ2v) is 5.14. The maximum atomic E-state index is 12.3. The molecule has 0 aliphatic rings. The molecule has 7 nitrogen and oxygen atoms in total. The quantitative estimate of drug-likeness (QED) is 0.806. The number of carbonyl (C=O) groups is 1. The summed E-state index contributed by atoms with van der Waals surface area (Å²) < 4.78 is 3.18. The fourth-order valence-electron chi connectivity index (χ4n) is 2.00. The van der Waals surface area contributed by atoms with Crippen LogP contribution in [-0.4, -0.2) is 30.3 Å². The summed E-state index contributed by atoms with van der Waals surface area (Å²) in [6.45, 7) is 3.95. The zero-order valence-electron chi connectivity index (χ0n) is 11.5. The van der Waals surface area contributed by atoms with Crippen LogP contribution in [0.15, 0.2) is 30.7 Å². The van der Waals surface area contributed by atoms with Crippen molar-refractivity contribution in [2.75, 3.05) is 5.32 Å². The first kappa shape index (κ1) is 13.6. The molecule has 21 heavy (non-hydrogen) atoms. The maximum absolute atomic E-state index is 12.3. The summed E-state index contributed by atoms with van der Waals surface area (Å²) in [5, 5.41) is 11.3. The molecule has 0 aromatic carbocycles. The van der Waals surface area contributed by atoms with Gasteiger partial charge in [-0.25, -0.2) is 14.2 Å². The number of anilines is 1. The van der Waals surface area contributed by atoms with Crippen molar-refractivity contribution in [1.29, 1.82) is 0 Å². The number of carbonyl (C=O) groups excluding carboxylic acids is 1. The third kappa shape index (κ3) is 2.36. The average Bonchev–Trinajstić information content (AvgIpc) is 3.04. The van der Waals surface area contributed by atoms with E-state index in [1.807, 2.05) is 13.8 Å². The molecule has 0 spiro atoms. The van der Waals surface area contributed by atoms with E-state index in [0.717, 1.165) is 0 Å². The number of hydrogen-bond acceptors (Lipinski definition) is 4. The predicted molar refractivity (Wildman–Crippen MR) is 78.6 cm³/mol. The molecule has 1 amide bonds. The van der Waals surface area contributed by atoms with E-state index in [2.05, 4.69) is 20.5 Å². The van der Waals surface area contributed by atoms with Crippen LogP contribution in [0.5, 0.6) is 0 Å². The van der Waals surface area contributed by atoms with Gasteiger partial charge in [0.25, 0.3) is 5.91 Å². The Hall–Kier alpha value is -2.41. The van der Waals surface area contributed by atoms with Crippen molar-refractivity contribution in [3.8, 4) is 0 Å². The maximum Gasteiger partial charge on any atom is 0.278 e. The molecule has 3 aromatic heterocycles. The Bertz CT molecular complexity index is 806. The number of hydrogen-bond donors (Lipinski definition) is 1. The lowest BCUT2D eigenvalue weighted by atomic mass is 10.3. The van der Waals surface area contributed by atoms with Crippen molar-refractivity contribution in [3.05, 3.63) is 41.4 Å². The second-order valence-electron chi connectivity index (χ2n) is 4.76. The van der Waals surface area contributed by atoms with Crippen LogP contribution in [0.25, 0.3) is 5.65 Å². The fraction of sp³-hybridized carbons (Fsp3) is 0.231. The molecule has 3 rings (SSSR count). The summed E-state index contributed by atoms with van der Waals surface area (Å²) in [5.41, 5.74) is 0.577. The zero-order chi connectivity index (χ0) is 15.0. The van der Waals surface area contributed by atoms with E-state index >= 15 is 0 Å². The van der Waals surface area contributed by atoms with Crippen LogP contribution in [0.4, 0.5) is 5.82 Å². The van der Waals surface area contributed by atoms with Gasteiger partial charge in [0.2, 0.25) is 0 Å². The molecule has 0 radical (unpaired) electrons. The molecule has 108 valence electrons. The van der Waals surface area contributed by atoms with Gasteiger partial charge >= 0.3 is 0 Å². The SMILES string of the molecule is CC(C)n1nccc1NC(=O)c1nn2cccnc2c1Cl. The minimum absolute atomic E-state index is 0.131. The number of nitrogens with zero attached hydrogens (tertiary/aromatic N) is 5. The summed E-state index contributed by atoms with van der Waals surface area (Å²) in [6.07, 6.45) is 4.91. The molecule has 0 saturated heterocycles. The van der Waals surface area contributed by atoms with Crippen molar-refractivity contribution in [2.45, 2.75) is 19.9 Å². The molecule has 1 N–H and O–H groups in total. The summed E-state index contributed by atoms with van der Waals surface area (Å²) in [5.74, 6) is 0.198. The Morgan fingerprint density at radius 3 is 2.90 bits per heavy atom. The third-order valence-corrected chi connectivity index (χ3v) is 3.30. The van der Waals surface area contributed by atoms with Crippen LogP contribution in [0.1, 0.15) is 30.4 Å². The van der Waals surface area contributed by atoms with E-state index in [9.17, 15) is 4.79 Å². The highest BCUT2D eigenvalue weighted by Gasteiger charge is 2.20. The second kappa shape index (κ2) is 5.17. The van der Waals surface area contributed by atoms with Gasteiger partial charge in [-0.1, -0.05) is 11.6 Å². The Balaban J connectivity index is 1.94. The molecule has 3 heterocycles. The van der Waals surface area contributed by atoms with Gasteiger partial charge in [0.05, 0.1) is 6.20 Å². The molecule has 0 aliphatic carbocycles. The number of rotatable bonds is 3. The van der Waals surface area contributed by atoms with Gasteiger partial charge in [-0.05, 0) is 19.9 Å². The minimum atomic E-state index is -0.395. The predicted octanol–water partition coefficient (Wildman–Crippen LogP) is 2.41. The van der Waals surface area contributed by atoms with Gasteiger partial charge in [-0.3, -0.25) is 4.79 Å². The molecule has 0 saturated carbocycles. The van der Waals surface area contributed by atoms with Crippen molar-refractivity contribution in [2.24, 2.45) is 0 Å². The van der Waals surface area contributed by atoms with Crippen molar-refractivity contribution < 1.29 is 4.79 Å². The molecular weight excluding hydrogens is 292 g/mol. The third-order valence-electron chi connectivity index (χ3n) is 2.96. The zero-order valence-corrected chi connectivity index (χ0v) is 12.2. The smallest absolute Gasteiger partial charge is 0.278 e. The number of nitrogens with one attached hydrogen (secondary N) is 1. The molecule has 0 atom stereocenters. The highest BCUT2D eigenvalue weighted by atomic mass is 35.5. The van der Waals surface area contributed by atoms with Gasteiger partial charge in [0.15, 0.2) is 11.3 Å². The topological polar surface area (TPSA) is 77.1 Å². The number of halogens is 1. The minimum Gasteiger partial charge on any atom is -0.305 e. The van der Waals surface area contributed by atoms with Crippen LogP contribution >= 0.6 is 11.6 Å². The standard InChI is InChI=1S/C13H13ClN6O/c1-8(2)20-9(4-6-16-20)17-13(21)11-10(14)12-15-5-3-7-19(12)18-11/h3-8H,1-2H3,(H,17,21). The number of fused-ring (bicyclic) bond motifs is 1. The van der Waals surface area contributed by atoms with Crippen LogP contribution in [0, 0.1) is 0 Å². The monoisotopic (exact) mass is 304 g/mol. The molecular formula is C13H13ClN6O. The summed E-state index contributed by atoms with van der Waals surface area (Å²) >= 11 is 6.17. The molecule has 0 bridgehead atoms. The largest absolute Gasteiger partial charge is 0.305 e. The summed E-state index contributed by atoms with van der Waals surface area (Å²) in [6, 6.07) is 3.57. The van der Waals surface area contributed by atoms with Crippen LogP contribution < -0.4 is 5.32 Å². The van der Waals surface area contributed by atoms with Gasteiger partial charge < -0.3 is 5.32 Å². The Labute approximate surface area is 125 Å². The van der Waals surface area contributed by atoms with Crippen LogP contribution in [-0.2, 0) is 0 Å². The summed E-state index contributed by atoms with van der Waals surface area (Å²) in [7, 11) is 0. The van der Waals surface area contributed by atoms with Gasteiger partial charge in [-0.2, -0.15) is 10.2 Å². The lowest BCUT2D eigenvalue weighted by molar-refractivity contribution is 0.102. The van der Waals surface area contributed by atoms with Gasteiger partial charge in [-0.15, -0.1) is 0 Å². The van der Waals surface area contributed by atoms with Crippen molar-refractivity contribution >= 4 is 29.0 Å². The lowest BCUT2D eigenvalue weighted by Crippen LogP contribution is -2.17. The van der Waals surface area contributed by atoms with E-state index in [0.29, 0.717) is 11.5 Å². The van der Waals surface area contributed by atoms with E-state index in [1.165, 1.54) is 4.52 Å². The first-order valence-corrected chi connectivity index (χ1v) is 6.79. The van der Waals surface area contributed by atoms with Crippen molar-refractivity contribution in [1.82, 2.24) is 24.4 Å². The Morgan fingerprint density at radius 2 is 2.19 bits per heavy atom. The average molecular weight is 305 g/mol. The van der Waals surface area contributed by atoms with E-state index < -0.39 is 5.91 Å². The van der Waals surface area contributed by atoms with Crippen LogP contribution in [0.3, 0.4) is 0 Å². The highest BCUT2D eigenvalue weighted by Crippen LogP contribution is 2.21. The van der Waals surface area contributed by atoms with E-state index in [1.54, 1.807) is 35.4 Å². The van der Waals surface area contributed by atoms with Gasteiger partial charge in [0, 0.05) is 24.5 Å². The van der Waals surface area contributed by atoms with Gasteiger partial charge in [0.1, 0.15) is 10.8 Å². The first-order chi connectivity index (χ1) is 10.1. The molecule has 8 heteroatoms. The molecule has 0 aliphatic heterocycles. The lowest BCUT2D eigenvalue weighted by Gasteiger charge is -2.10. The Kier molecular flexibility index (Phi) is 3.34. The number of aromatic nitrogens is 5. The van der Waals surface area contributed by atoms with E-state index in [4.69, 9.17) is 11.6 Å². The Morgan fingerprint density at radius 1 is 1.38 bits per heavy atom. The molecule has 3 aromatic rings. The molecule has 0 fully saturated rings. The molecule has 0 unspecified atom stereocenters. The van der Waals surface area contributed by atoms with Crippen LogP contribution in [0.2, 0.25) is 5.02 Å². The summed E-state index contributed by atoms with van der Waals surface area (Å²) in [4.78, 5) is 16.4. The van der Waals surface area contributed by atoms with Crippen molar-refractivity contribution in [3.63, 3.8) is 0 Å². The highest BCUT2D eigenvalue weighted by molar-refractivity contribution is 6.37.